The molecule has 0 spiro atoms. The van der Waals surface area contributed by atoms with Gasteiger partial charge in [-0.25, -0.2) is 4.98 Å². The number of rotatable bonds is 4. The van der Waals surface area contributed by atoms with Crippen molar-refractivity contribution < 1.29 is 9.60 Å². The Labute approximate surface area is 324 Å². The van der Waals surface area contributed by atoms with Crippen LogP contribution in [0, 0.1) is 0 Å². The van der Waals surface area contributed by atoms with E-state index in [9.17, 15) is 4.11 Å². The molecule has 0 aliphatic heterocycles. The lowest BCUT2D eigenvalue weighted by atomic mass is 9.80. The van der Waals surface area contributed by atoms with Crippen LogP contribution in [0.1, 0.15) is 34.6 Å². The second kappa shape index (κ2) is 11.6. The minimum atomic E-state index is -1.03. The Morgan fingerprint density at radius 1 is 0.519 bits per heavy atom. The summed E-state index contributed by atoms with van der Waals surface area (Å²) in [6, 6.07) is 46.2. The molecule has 0 N–H and O–H groups in total. The summed E-state index contributed by atoms with van der Waals surface area (Å²) < 4.78 is 65.8. The quantitative estimate of drug-likeness (QED) is 0.168. The summed E-state index contributed by atoms with van der Waals surface area (Å²) >= 11 is 0. The van der Waals surface area contributed by atoms with Crippen LogP contribution in [-0.4, -0.2) is 9.55 Å². The average molecular weight is 696 g/mol. The van der Waals surface area contributed by atoms with Crippen molar-refractivity contribution in [3.05, 3.63) is 193 Å². The van der Waals surface area contributed by atoms with Crippen LogP contribution in [0.15, 0.2) is 182 Å². The zero-order valence-electron chi connectivity index (χ0n) is 36.7. The van der Waals surface area contributed by atoms with Gasteiger partial charge in [0, 0.05) is 16.7 Å². The highest BCUT2D eigenvalue weighted by Crippen LogP contribution is 2.51. The minimum absolute atomic E-state index is 0.0516. The Hall–Kier alpha value is -6.77. The van der Waals surface area contributed by atoms with Gasteiger partial charge in [-0.15, -0.1) is 0 Å². The zero-order chi connectivity index (χ0) is 42.1. The highest BCUT2D eigenvalue weighted by molar-refractivity contribution is 6.21. The molecule has 1 aromatic heterocycles. The fraction of sp³-hybridized carbons (Fsp3) is 0.0577. The van der Waals surface area contributed by atoms with Crippen LogP contribution < -0.4 is 0 Å². The maximum atomic E-state index is 9.89. The molecule has 1 heterocycles. The number of hydrogen-bond donors (Lipinski definition) is 0. The van der Waals surface area contributed by atoms with Gasteiger partial charge in [0.15, 0.2) is 0 Å². The minimum Gasteiger partial charge on any atom is -0.292 e. The normalized spacial score (nSPS) is 15.0. The maximum Gasteiger partial charge on any atom is 0.145 e. The van der Waals surface area contributed by atoms with Crippen LogP contribution >= 0.6 is 0 Å². The van der Waals surface area contributed by atoms with E-state index in [1.54, 1.807) is 0 Å². The highest BCUT2D eigenvalue weighted by atomic mass is 15.1. The lowest BCUT2D eigenvalue weighted by Gasteiger charge is -2.23. The number of fused-ring (bicyclic) bond motifs is 7. The van der Waals surface area contributed by atoms with Gasteiger partial charge in [-0.05, 0) is 107 Å². The smallest absolute Gasteiger partial charge is 0.145 e. The molecule has 9 aromatic carbocycles. The molecule has 0 amide bonds. The van der Waals surface area contributed by atoms with E-state index in [4.69, 9.17) is 10.5 Å². The fourth-order valence-corrected chi connectivity index (χ4v) is 8.57. The third-order valence-corrected chi connectivity index (χ3v) is 11.2. The SMILES string of the molecule is [2H]c1c([2H])c([2H])c2c(c1[2H])-c1c([2H])c([2H])c(-c3c4ccccc4c(-c4ccc(-c5nc6ccccc6n5-c5ccc6ccccc6c5)cc4)c4ccccc34)c([2H])c1C2(C)C. The topological polar surface area (TPSA) is 17.8 Å². The summed E-state index contributed by atoms with van der Waals surface area (Å²) in [4.78, 5) is 5.15. The monoisotopic (exact) mass is 695 g/mol. The first-order chi connectivity index (χ1) is 29.5. The molecule has 0 unspecified atom stereocenters. The number of hydrogen-bond acceptors (Lipinski definition) is 1. The van der Waals surface area contributed by atoms with Gasteiger partial charge in [0.1, 0.15) is 5.82 Å². The molecule has 2 nitrogen and oxygen atoms in total. The molecule has 254 valence electrons. The van der Waals surface area contributed by atoms with Crippen molar-refractivity contribution >= 4 is 43.4 Å². The Kier molecular flexibility index (Phi) is 5.26. The van der Waals surface area contributed by atoms with Gasteiger partial charge in [-0.3, -0.25) is 4.57 Å². The van der Waals surface area contributed by atoms with Crippen LogP contribution in [0.25, 0.3) is 93.8 Å². The van der Waals surface area contributed by atoms with Gasteiger partial charge in [0.05, 0.1) is 20.6 Å². The average Bonchev–Trinajstić information content (AvgIpc) is 3.79. The van der Waals surface area contributed by atoms with Crippen molar-refractivity contribution in [1.29, 1.82) is 0 Å². The molecule has 0 fully saturated rings. The molecule has 2 heteroatoms. The third kappa shape index (κ3) is 4.50. The van der Waals surface area contributed by atoms with Gasteiger partial charge in [0.2, 0.25) is 0 Å². The molecule has 54 heavy (non-hydrogen) atoms. The second-order valence-electron chi connectivity index (χ2n) is 14.6. The Bertz CT molecular complexity index is 3480. The zero-order valence-corrected chi connectivity index (χ0v) is 29.7. The molecule has 0 saturated heterocycles. The number of imidazole rings is 1. The highest BCUT2D eigenvalue weighted by Gasteiger charge is 2.35. The molecule has 1 aliphatic rings. The van der Waals surface area contributed by atoms with Gasteiger partial charge >= 0.3 is 0 Å². The molecule has 1 aliphatic carbocycles. The van der Waals surface area contributed by atoms with Crippen LogP contribution in [0.2, 0.25) is 0 Å². The number of benzene rings is 9. The number of nitrogens with zero attached hydrogens (tertiary/aromatic N) is 2. The molecule has 0 bridgehead atoms. The van der Waals surface area contributed by atoms with Crippen molar-refractivity contribution in [1.82, 2.24) is 9.55 Å². The first-order valence-electron chi connectivity index (χ1n) is 21.7. The predicted molar refractivity (Wildman–Crippen MR) is 227 cm³/mol. The molecule has 0 saturated carbocycles. The van der Waals surface area contributed by atoms with E-state index < -0.39 is 11.5 Å². The Morgan fingerprint density at radius 3 is 1.85 bits per heavy atom. The summed E-state index contributed by atoms with van der Waals surface area (Å²) in [6.07, 6.45) is 0. The first kappa shape index (κ1) is 24.5. The first-order valence-corrected chi connectivity index (χ1v) is 18.2. The van der Waals surface area contributed by atoms with E-state index in [0.717, 1.165) is 66.2 Å². The molecule has 0 radical (unpaired) electrons. The van der Waals surface area contributed by atoms with E-state index in [-0.39, 0.29) is 47.4 Å². The van der Waals surface area contributed by atoms with Crippen molar-refractivity contribution in [3.63, 3.8) is 0 Å². The van der Waals surface area contributed by atoms with Gasteiger partial charge in [0.25, 0.3) is 0 Å². The van der Waals surface area contributed by atoms with E-state index in [1.165, 1.54) is 5.39 Å². The Balaban J connectivity index is 1.12. The summed E-state index contributed by atoms with van der Waals surface area (Å²) in [5.41, 5.74) is 7.10. The van der Waals surface area contributed by atoms with Crippen molar-refractivity contribution in [2.75, 3.05) is 0 Å². The maximum absolute atomic E-state index is 9.89. The summed E-state index contributed by atoms with van der Waals surface area (Å²) in [5.74, 6) is 0.833. The fourth-order valence-electron chi connectivity index (χ4n) is 8.57. The van der Waals surface area contributed by atoms with Crippen molar-refractivity contribution in [3.8, 4) is 50.5 Å². The molecule has 11 rings (SSSR count). The second-order valence-corrected chi connectivity index (χ2v) is 14.6. The predicted octanol–water partition coefficient (Wildman–Crippen LogP) is 13.8. The molecular formula is C52H36N2. The van der Waals surface area contributed by atoms with E-state index in [0.29, 0.717) is 22.3 Å². The van der Waals surface area contributed by atoms with Crippen LogP contribution in [0.5, 0.6) is 0 Å². The van der Waals surface area contributed by atoms with Gasteiger partial charge in [-0.2, -0.15) is 0 Å². The van der Waals surface area contributed by atoms with Crippen molar-refractivity contribution in [2.45, 2.75) is 19.3 Å². The summed E-state index contributed by atoms with van der Waals surface area (Å²) in [6.45, 7) is 3.70. The lowest BCUT2D eigenvalue weighted by molar-refractivity contribution is 0.660. The largest absolute Gasteiger partial charge is 0.292 e. The number of aromatic nitrogens is 2. The van der Waals surface area contributed by atoms with E-state index in [2.05, 4.69) is 89.5 Å². The summed E-state index contributed by atoms with van der Waals surface area (Å²) in [7, 11) is 0. The third-order valence-electron chi connectivity index (χ3n) is 11.2. The molecule has 0 atom stereocenters. The van der Waals surface area contributed by atoms with Crippen molar-refractivity contribution in [2.24, 2.45) is 0 Å². The number of para-hydroxylation sites is 2. The van der Waals surface area contributed by atoms with Gasteiger partial charge in [-0.1, -0.05) is 165 Å². The lowest BCUT2D eigenvalue weighted by Crippen LogP contribution is -2.14. The Morgan fingerprint density at radius 2 is 1.11 bits per heavy atom. The molecule has 10 aromatic rings. The standard InChI is InChI=1S/C52H36N2/c1-52(2)45-20-10-9-15-39(45)40-30-28-37(32-46(40)52)50-43-18-7-5-16-41(43)49(42-17-6-8-19-44(42)50)34-23-25-35(26-24-34)51-53-47-21-11-12-22-48(47)54(51)38-29-27-33-13-3-4-14-36(33)31-38/h3-32H,1-2H3/i9D,10D,15D,20D,28D,30D,32D. The van der Waals surface area contributed by atoms with Crippen LogP contribution in [0.4, 0.5) is 0 Å². The van der Waals surface area contributed by atoms with Crippen LogP contribution in [0.3, 0.4) is 0 Å². The van der Waals surface area contributed by atoms with E-state index in [1.807, 2.05) is 68.4 Å². The molecular weight excluding hydrogens is 653 g/mol. The van der Waals surface area contributed by atoms with Crippen LogP contribution in [-0.2, 0) is 5.41 Å². The summed E-state index contributed by atoms with van der Waals surface area (Å²) in [5, 5.41) is 5.85. The van der Waals surface area contributed by atoms with Gasteiger partial charge < -0.3 is 0 Å². The van der Waals surface area contributed by atoms with E-state index >= 15 is 0 Å².